The fraction of sp³-hybridized carbons (Fsp3) is 0.345. The molecule has 1 heterocycles. The van der Waals surface area contributed by atoms with Crippen molar-refractivity contribution in [2.24, 2.45) is 10.8 Å². The number of benzene rings is 2. The van der Waals surface area contributed by atoms with Gasteiger partial charge in [0.2, 0.25) is 5.88 Å². The standard InChI is InChI=1S/C29H30N2O3/c1-26(2,3)20-14-16-21(17-15-20)29(19-30)27(4,5)28(29,25(32)33)18-22-10-9-13-24(31-22)34-23-11-7-6-8-12-23/h6-17H,18H2,1-5H3,(H,32,33)/t28-,29-/m1/s1. The number of aromatic nitrogens is 1. The van der Waals surface area contributed by atoms with Crippen LogP contribution in [0.2, 0.25) is 0 Å². The number of nitrogens with zero attached hydrogens (tertiary/aromatic N) is 2. The molecule has 0 radical (unpaired) electrons. The van der Waals surface area contributed by atoms with Gasteiger partial charge in [0.1, 0.15) is 16.6 Å². The first-order chi connectivity index (χ1) is 16.0. The van der Waals surface area contributed by atoms with Crippen LogP contribution in [0, 0.1) is 22.2 Å². The topological polar surface area (TPSA) is 83.2 Å². The first kappa shape index (κ1) is 23.5. The van der Waals surface area contributed by atoms with Gasteiger partial charge in [-0.2, -0.15) is 5.26 Å². The molecule has 174 valence electrons. The van der Waals surface area contributed by atoms with Crippen LogP contribution in [-0.4, -0.2) is 16.1 Å². The lowest BCUT2D eigenvalue weighted by atomic mass is 9.81. The third-order valence-corrected chi connectivity index (χ3v) is 7.49. The highest BCUT2D eigenvalue weighted by Crippen LogP contribution is 2.79. The van der Waals surface area contributed by atoms with Crippen LogP contribution >= 0.6 is 0 Å². The van der Waals surface area contributed by atoms with Crippen molar-refractivity contribution in [3.8, 4) is 17.7 Å². The smallest absolute Gasteiger partial charge is 0.312 e. The summed E-state index contributed by atoms with van der Waals surface area (Å²) in [4.78, 5) is 17.4. The van der Waals surface area contributed by atoms with Crippen LogP contribution in [0.5, 0.6) is 11.6 Å². The molecule has 5 heteroatoms. The number of hydrogen-bond donors (Lipinski definition) is 1. The fourth-order valence-electron chi connectivity index (χ4n) is 5.44. The Morgan fingerprint density at radius 3 is 2.21 bits per heavy atom. The average molecular weight is 455 g/mol. The molecule has 0 saturated heterocycles. The molecular weight excluding hydrogens is 424 g/mol. The average Bonchev–Trinajstić information content (AvgIpc) is 3.24. The Morgan fingerprint density at radius 2 is 1.65 bits per heavy atom. The molecule has 4 rings (SSSR count). The van der Waals surface area contributed by atoms with Crippen LogP contribution < -0.4 is 4.74 Å². The molecule has 1 N–H and O–H groups in total. The normalized spacial score (nSPS) is 23.1. The van der Waals surface area contributed by atoms with E-state index in [1.54, 1.807) is 18.2 Å². The molecule has 34 heavy (non-hydrogen) atoms. The summed E-state index contributed by atoms with van der Waals surface area (Å²) in [6.45, 7) is 10.1. The maximum Gasteiger partial charge on any atom is 0.312 e. The first-order valence-corrected chi connectivity index (χ1v) is 11.4. The lowest BCUT2D eigenvalue weighted by molar-refractivity contribution is -0.145. The Kier molecular flexibility index (Phi) is 5.52. The number of carbonyl (C=O) groups is 1. The first-order valence-electron chi connectivity index (χ1n) is 11.4. The molecule has 1 aliphatic carbocycles. The third-order valence-electron chi connectivity index (χ3n) is 7.49. The molecule has 5 nitrogen and oxygen atoms in total. The number of carboxylic acid groups (broad SMARTS) is 1. The van der Waals surface area contributed by atoms with E-state index in [4.69, 9.17) is 4.74 Å². The van der Waals surface area contributed by atoms with Gasteiger partial charge in [0.25, 0.3) is 0 Å². The van der Waals surface area contributed by atoms with Gasteiger partial charge < -0.3 is 9.84 Å². The lowest BCUT2D eigenvalue weighted by Crippen LogP contribution is -2.29. The molecular formula is C29H30N2O3. The Hall–Kier alpha value is -3.65. The summed E-state index contributed by atoms with van der Waals surface area (Å²) in [5.41, 5.74) is -0.904. The SMILES string of the molecule is CC(C)(C)c1ccc([C@]2(C#N)C(C)(C)[C@@]2(Cc2cccc(Oc3ccccc3)n2)C(=O)O)cc1. The Bertz CT molecular complexity index is 1250. The maximum atomic E-state index is 12.8. The van der Waals surface area contributed by atoms with Crippen molar-refractivity contribution in [1.29, 1.82) is 5.26 Å². The van der Waals surface area contributed by atoms with Crippen molar-refractivity contribution in [3.63, 3.8) is 0 Å². The number of para-hydroxylation sites is 1. The van der Waals surface area contributed by atoms with E-state index in [1.165, 1.54) is 0 Å². The number of hydrogen-bond acceptors (Lipinski definition) is 4. The van der Waals surface area contributed by atoms with Crippen molar-refractivity contribution in [1.82, 2.24) is 4.98 Å². The van der Waals surface area contributed by atoms with E-state index < -0.39 is 22.2 Å². The number of ether oxygens (including phenoxy) is 1. The summed E-state index contributed by atoms with van der Waals surface area (Å²) < 4.78 is 5.85. The molecule has 2 atom stereocenters. The minimum atomic E-state index is -1.32. The van der Waals surface area contributed by atoms with Crippen LogP contribution in [0.25, 0.3) is 0 Å². The summed E-state index contributed by atoms with van der Waals surface area (Å²) in [6, 6.07) is 24.9. The van der Waals surface area contributed by atoms with Gasteiger partial charge >= 0.3 is 5.97 Å². The van der Waals surface area contributed by atoms with Gasteiger partial charge in [0.05, 0.1) is 6.07 Å². The van der Waals surface area contributed by atoms with E-state index in [2.05, 4.69) is 31.8 Å². The van der Waals surface area contributed by atoms with Crippen LogP contribution in [0.3, 0.4) is 0 Å². The highest BCUT2D eigenvalue weighted by atomic mass is 16.5. The summed E-state index contributed by atoms with van der Waals surface area (Å²) >= 11 is 0. The van der Waals surface area contributed by atoms with Crippen molar-refractivity contribution >= 4 is 5.97 Å². The van der Waals surface area contributed by atoms with Gasteiger partial charge in [-0.1, -0.05) is 83.1 Å². The lowest BCUT2D eigenvalue weighted by Gasteiger charge is -2.21. The Labute approximate surface area is 201 Å². The second kappa shape index (κ2) is 7.99. The van der Waals surface area contributed by atoms with Crippen molar-refractivity contribution in [2.45, 2.75) is 51.9 Å². The van der Waals surface area contributed by atoms with Crippen LogP contribution in [-0.2, 0) is 22.0 Å². The monoisotopic (exact) mass is 454 g/mol. The fourth-order valence-corrected chi connectivity index (χ4v) is 5.44. The van der Waals surface area contributed by atoms with Gasteiger partial charge in [-0.15, -0.1) is 0 Å². The molecule has 0 spiro atoms. The van der Waals surface area contributed by atoms with E-state index in [1.807, 2.05) is 68.4 Å². The second-order valence-corrected chi connectivity index (χ2v) is 10.6. The quantitative estimate of drug-likeness (QED) is 0.473. The number of carboxylic acids is 1. The molecule has 0 amide bonds. The largest absolute Gasteiger partial charge is 0.481 e. The van der Waals surface area contributed by atoms with E-state index in [0.717, 1.165) is 11.1 Å². The van der Waals surface area contributed by atoms with Gasteiger partial charge in [-0.05, 0) is 34.7 Å². The van der Waals surface area contributed by atoms with E-state index in [9.17, 15) is 15.2 Å². The van der Waals surface area contributed by atoms with E-state index in [0.29, 0.717) is 17.3 Å². The summed E-state index contributed by atoms with van der Waals surface area (Å²) in [7, 11) is 0. The van der Waals surface area contributed by atoms with Gasteiger partial charge in [0, 0.05) is 23.6 Å². The van der Waals surface area contributed by atoms with Crippen molar-refractivity contribution in [3.05, 3.63) is 89.6 Å². The number of pyridine rings is 1. The number of rotatable bonds is 6. The zero-order chi connectivity index (χ0) is 24.8. The molecule has 1 aromatic heterocycles. The van der Waals surface area contributed by atoms with Crippen LogP contribution in [0.4, 0.5) is 0 Å². The minimum Gasteiger partial charge on any atom is -0.481 e. The molecule has 3 aromatic rings. The van der Waals surface area contributed by atoms with E-state index in [-0.39, 0.29) is 11.8 Å². The second-order valence-electron chi connectivity index (χ2n) is 10.6. The zero-order valence-corrected chi connectivity index (χ0v) is 20.3. The number of aliphatic carboxylic acids is 1. The van der Waals surface area contributed by atoms with Crippen molar-refractivity contribution in [2.75, 3.05) is 0 Å². The van der Waals surface area contributed by atoms with Crippen molar-refractivity contribution < 1.29 is 14.6 Å². The molecule has 1 fully saturated rings. The molecule has 2 aromatic carbocycles. The maximum absolute atomic E-state index is 12.8. The third kappa shape index (κ3) is 3.37. The number of nitriles is 1. The summed E-state index contributed by atoms with van der Waals surface area (Å²) in [5.74, 6) is 0.0482. The molecule has 1 aliphatic rings. The Morgan fingerprint density at radius 1 is 1.00 bits per heavy atom. The van der Waals surface area contributed by atoms with Crippen LogP contribution in [0.15, 0.2) is 72.8 Å². The van der Waals surface area contributed by atoms with E-state index >= 15 is 0 Å². The highest BCUT2D eigenvalue weighted by molar-refractivity contribution is 5.87. The summed E-state index contributed by atoms with van der Waals surface area (Å²) in [6.07, 6.45) is 0.121. The van der Waals surface area contributed by atoms with Gasteiger partial charge in [-0.3, -0.25) is 4.79 Å². The summed E-state index contributed by atoms with van der Waals surface area (Å²) in [5, 5.41) is 20.9. The highest BCUT2D eigenvalue weighted by Gasteiger charge is 2.87. The predicted octanol–water partition coefficient (Wildman–Crippen LogP) is 6.29. The zero-order valence-electron chi connectivity index (χ0n) is 20.3. The molecule has 0 bridgehead atoms. The molecule has 0 aliphatic heterocycles. The minimum absolute atomic E-state index is 0.0373. The molecule has 1 saturated carbocycles. The van der Waals surface area contributed by atoms with Gasteiger partial charge in [-0.25, -0.2) is 4.98 Å². The molecule has 0 unspecified atom stereocenters. The Balaban J connectivity index is 1.73. The van der Waals surface area contributed by atoms with Crippen LogP contribution in [0.1, 0.15) is 51.4 Å². The van der Waals surface area contributed by atoms with Gasteiger partial charge in [0.15, 0.2) is 0 Å². The predicted molar refractivity (Wildman–Crippen MR) is 131 cm³/mol.